The van der Waals surface area contributed by atoms with Crippen LogP contribution in [0.1, 0.15) is 0 Å². The average molecular weight is 175 g/mol. The first-order valence-corrected chi connectivity index (χ1v) is 3.90. The standard InChI is InChI=1S/C8H9N5/c9-5-8-1-3-12(4-2-8)13-6-10-11-7-13/h1-3,5-7,9H,4H2. The molecule has 0 aromatic carbocycles. The van der Waals surface area contributed by atoms with Gasteiger partial charge in [-0.15, -0.1) is 10.2 Å². The molecule has 0 aliphatic carbocycles. The van der Waals surface area contributed by atoms with Crippen LogP contribution < -0.4 is 5.01 Å². The van der Waals surface area contributed by atoms with Crippen molar-refractivity contribution in [2.45, 2.75) is 0 Å². The minimum atomic E-state index is 0.735. The van der Waals surface area contributed by atoms with Crippen molar-refractivity contribution in [3.8, 4) is 0 Å². The van der Waals surface area contributed by atoms with E-state index in [1.54, 1.807) is 17.3 Å². The predicted octanol–water partition coefficient (Wildman–Crippen LogP) is 0.319. The molecule has 5 nitrogen and oxygen atoms in total. The molecule has 1 aliphatic rings. The molecule has 0 radical (unpaired) electrons. The fraction of sp³-hybridized carbons (Fsp3) is 0.125. The van der Waals surface area contributed by atoms with E-state index in [1.807, 2.05) is 23.4 Å². The van der Waals surface area contributed by atoms with Gasteiger partial charge in [-0.05, 0) is 11.6 Å². The van der Waals surface area contributed by atoms with Gasteiger partial charge in [-0.3, -0.25) is 5.01 Å². The van der Waals surface area contributed by atoms with E-state index in [2.05, 4.69) is 10.2 Å². The lowest BCUT2D eigenvalue weighted by Gasteiger charge is -2.21. The summed E-state index contributed by atoms with van der Waals surface area (Å²) in [5.74, 6) is 0. The van der Waals surface area contributed by atoms with Crippen LogP contribution in [0, 0.1) is 5.41 Å². The Kier molecular flexibility index (Phi) is 1.91. The largest absolute Gasteiger partial charge is 0.308 e. The summed E-state index contributed by atoms with van der Waals surface area (Å²) in [4.78, 5) is 0. The lowest BCUT2D eigenvalue weighted by Crippen LogP contribution is -2.29. The van der Waals surface area contributed by atoms with Crippen LogP contribution in [0.25, 0.3) is 0 Å². The predicted molar refractivity (Wildman–Crippen MR) is 49.1 cm³/mol. The van der Waals surface area contributed by atoms with E-state index in [0.717, 1.165) is 12.1 Å². The number of hydrogen-bond acceptors (Lipinski definition) is 4. The van der Waals surface area contributed by atoms with Crippen molar-refractivity contribution in [2.75, 3.05) is 11.6 Å². The van der Waals surface area contributed by atoms with Crippen LogP contribution in [0.2, 0.25) is 0 Å². The summed E-state index contributed by atoms with van der Waals surface area (Å²) < 4.78 is 1.79. The Labute approximate surface area is 75.5 Å². The fourth-order valence-corrected chi connectivity index (χ4v) is 1.11. The van der Waals surface area contributed by atoms with Crippen LogP contribution in [-0.4, -0.2) is 27.6 Å². The number of nitrogens with zero attached hydrogens (tertiary/aromatic N) is 4. The molecule has 0 fully saturated rings. The highest BCUT2D eigenvalue weighted by Gasteiger charge is 2.03. The smallest absolute Gasteiger partial charge is 0.139 e. The highest BCUT2D eigenvalue weighted by molar-refractivity contribution is 5.80. The van der Waals surface area contributed by atoms with Crippen molar-refractivity contribution in [2.24, 2.45) is 0 Å². The summed E-state index contributed by atoms with van der Waals surface area (Å²) in [6.07, 6.45) is 10.3. The van der Waals surface area contributed by atoms with Gasteiger partial charge in [-0.2, -0.15) is 0 Å². The SMILES string of the molecule is N=CC1=CCN(n2cnnc2)C=C1. The zero-order chi connectivity index (χ0) is 9.10. The highest BCUT2D eigenvalue weighted by atomic mass is 15.6. The quantitative estimate of drug-likeness (QED) is 0.658. The number of nitrogens with one attached hydrogen (secondary N) is 1. The van der Waals surface area contributed by atoms with Gasteiger partial charge in [0.1, 0.15) is 12.7 Å². The molecule has 1 aromatic heterocycles. The first kappa shape index (κ1) is 7.72. The van der Waals surface area contributed by atoms with Gasteiger partial charge in [0.15, 0.2) is 0 Å². The maximum absolute atomic E-state index is 7.04. The third-order valence-corrected chi connectivity index (χ3v) is 1.82. The molecule has 1 aliphatic heterocycles. The molecule has 1 aromatic rings. The number of rotatable bonds is 2. The summed E-state index contributed by atoms with van der Waals surface area (Å²) in [6.45, 7) is 0.735. The Hall–Kier alpha value is -1.91. The third kappa shape index (κ3) is 1.48. The maximum Gasteiger partial charge on any atom is 0.139 e. The molecule has 0 saturated carbocycles. The van der Waals surface area contributed by atoms with Crippen molar-refractivity contribution in [1.82, 2.24) is 14.9 Å². The van der Waals surface area contributed by atoms with Crippen LogP contribution in [0.5, 0.6) is 0 Å². The molecule has 0 unspecified atom stereocenters. The molecule has 2 rings (SSSR count). The molecular weight excluding hydrogens is 166 g/mol. The molecule has 5 heteroatoms. The van der Waals surface area contributed by atoms with Crippen LogP contribution >= 0.6 is 0 Å². The third-order valence-electron chi connectivity index (χ3n) is 1.82. The van der Waals surface area contributed by atoms with Crippen molar-refractivity contribution in [3.63, 3.8) is 0 Å². The van der Waals surface area contributed by atoms with Gasteiger partial charge in [-0.1, -0.05) is 6.08 Å². The summed E-state index contributed by atoms with van der Waals surface area (Å²) >= 11 is 0. The Morgan fingerprint density at radius 3 is 2.69 bits per heavy atom. The fourth-order valence-electron chi connectivity index (χ4n) is 1.11. The number of hydrogen-bond donors (Lipinski definition) is 1. The lowest BCUT2D eigenvalue weighted by atomic mass is 10.2. The Bertz CT molecular complexity index is 349. The van der Waals surface area contributed by atoms with Gasteiger partial charge in [-0.25, -0.2) is 4.68 Å². The normalized spacial score (nSPS) is 15.7. The van der Waals surface area contributed by atoms with E-state index in [0.29, 0.717) is 0 Å². The number of aromatic nitrogens is 3. The molecule has 66 valence electrons. The Balaban J connectivity index is 2.13. The minimum Gasteiger partial charge on any atom is -0.308 e. The van der Waals surface area contributed by atoms with Crippen molar-refractivity contribution in [1.29, 1.82) is 5.41 Å². The monoisotopic (exact) mass is 175 g/mol. The first-order chi connectivity index (χ1) is 6.40. The Morgan fingerprint density at radius 1 is 1.38 bits per heavy atom. The van der Waals surface area contributed by atoms with Gasteiger partial charge in [0, 0.05) is 12.4 Å². The molecule has 0 atom stereocenters. The van der Waals surface area contributed by atoms with Gasteiger partial charge >= 0.3 is 0 Å². The highest BCUT2D eigenvalue weighted by Crippen LogP contribution is 2.03. The Morgan fingerprint density at radius 2 is 2.15 bits per heavy atom. The van der Waals surface area contributed by atoms with Gasteiger partial charge in [0.2, 0.25) is 0 Å². The molecule has 13 heavy (non-hydrogen) atoms. The van der Waals surface area contributed by atoms with E-state index in [1.165, 1.54) is 6.21 Å². The van der Waals surface area contributed by atoms with Crippen LogP contribution in [0.4, 0.5) is 0 Å². The molecule has 1 N–H and O–H groups in total. The van der Waals surface area contributed by atoms with Gasteiger partial charge in [0.05, 0.1) is 6.54 Å². The van der Waals surface area contributed by atoms with Gasteiger partial charge in [0.25, 0.3) is 0 Å². The summed E-state index contributed by atoms with van der Waals surface area (Å²) in [5.41, 5.74) is 0.921. The van der Waals surface area contributed by atoms with E-state index < -0.39 is 0 Å². The molecule has 2 heterocycles. The van der Waals surface area contributed by atoms with E-state index in [4.69, 9.17) is 5.41 Å². The average Bonchev–Trinajstić information content (AvgIpc) is 2.71. The molecule has 0 amide bonds. The zero-order valence-electron chi connectivity index (χ0n) is 6.96. The second-order valence-corrected chi connectivity index (χ2v) is 2.63. The van der Waals surface area contributed by atoms with Crippen LogP contribution in [0.15, 0.2) is 36.6 Å². The van der Waals surface area contributed by atoms with Crippen LogP contribution in [-0.2, 0) is 0 Å². The minimum absolute atomic E-state index is 0.735. The van der Waals surface area contributed by atoms with Crippen molar-refractivity contribution < 1.29 is 0 Å². The topological polar surface area (TPSA) is 57.8 Å². The number of allylic oxidation sites excluding steroid dienone is 2. The zero-order valence-corrected chi connectivity index (χ0v) is 6.96. The second kappa shape index (κ2) is 3.22. The van der Waals surface area contributed by atoms with Crippen molar-refractivity contribution >= 4 is 6.21 Å². The summed E-state index contributed by atoms with van der Waals surface area (Å²) in [5, 5.41) is 16.4. The van der Waals surface area contributed by atoms with Gasteiger partial charge < -0.3 is 5.41 Å². The summed E-state index contributed by atoms with van der Waals surface area (Å²) in [6, 6.07) is 0. The first-order valence-electron chi connectivity index (χ1n) is 3.90. The summed E-state index contributed by atoms with van der Waals surface area (Å²) in [7, 11) is 0. The molecular formula is C8H9N5. The maximum atomic E-state index is 7.04. The van der Waals surface area contributed by atoms with E-state index in [9.17, 15) is 0 Å². The second-order valence-electron chi connectivity index (χ2n) is 2.63. The van der Waals surface area contributed by atoms with E-state index in [-0.39, 0.29) is 0 Å². The molecule has 0 spiro atoms. The molecule has 0 saturated heterocycles. The van der Waals surface area contributed by atoms with E-state index >= 15 is 0 Å². The lowest BCUT2D eigenvalue weighted by molar-refractivity contribution is 0.718. The molecule has 0 bridgehead atoms. The van der Waals surface area contributed by atoms with Crippen molar-refractivity contribution in [3.05, 3.63) is 36.6 Å². The van der Waals surface area contributed by atoms with Crippen LogP contribution in [0.3, 0.4) is 0 Å².